The molecule has 0 aromatic carbocycles. The van der Waals surface area contributed by atoms with E-state index in [-0.39, 0.29) is 31.1 Å². The summed E-state index contributed by atoms with van der Waals surface area (Å²) in [6, 6.07) is 0. The molecule has 332 valence electrons. The smallest absolute Gasteiger partial charge is 0.306 e. The second-order valence-electron chi connectivity index (χ2n) is 17.8. The fourth-order valence-corrected chi connectivity index (χ4v) is 7.43. The molecule has 0 rings (SSSR count). The summed E-state index contributed by atoms with van der Waals surface area (Å²) in [5, 5.41) is 0. The standard InChI is InChI=1S/C50H96O6/c1-6-8-9-10-23-32-37-42-50(53)56-47(44-55-49(52)41-36-31-27-26-28-33-38-45(3)4)43-54-48(51)40-35-30-25-22-20-18-16-14-12-11-13-15-17-19-21-24-29-34-39-46(5)7-2/h45-47H,6-44H2,1-5H3/t46?,47-/m0/s1. The first-order chi connectivity index (χ1) is 27.3. The highest BCUT2D eigenvalue weighted by Gasteiger charge is 2.19. The lowest BCUT2D eigenvalue weighted by atomic mass is 9.99. The molecule has 0 radical (unpaired) electrons. The van der Waals surface area contributed by atoms with Crippen LogP contribution in [0.4, 0.5) is 0 Å². The van der Waals surface area contributed by atoms with Crippen molar-refractivity contribution in [3.8, 4) is 0 Å². The highest BCUT2D eigenvalue weighted by Crippen LogP contribution is 2.18. The lowest BCUT2D eigenvalue weighted by molar-refractivity contribution is -0.167. The van der Waals surface area contributed by atoms with Gasteiger partial charge in [0.15, 0.2) is 6.10 Å². The van der Waals surface area contributed by atoms with Crippen molar-refractivity contribution in [1.29, 1.82) is 0 Å². The number of carbonyl (C=O) groups excluding carboxylic acids is 3. The summed E-state index contributed by atoms with van der Waals surface area (Å²) in [6.45, 7) is 11.3. The van der Waals surface area contributed by atoms with Gasteiger partial charge in [-0.05, 0) is 31.1 Å². The number of ether oxygens (including phenoxy) is 3. The zero-order valence-corrected chi connectivity index (χ0v) is 38.3. The minimum absolute atomic E-state index is 0.0655. The molecule has 1 unspecified atom stereocenters. The molecule has 56 heavy (non-hydrogen) atoms. The molecule has 0 aromatic heterocycles. The molecule has 0 fully saturated rings. The van der Waals surface area contributed by atoms with Gasteiger partial charge >= 0.3 is 17.9 Å². The molecule has 0 aromatic rings. The Hall–Kier alpha value is -1.59. The highest BCUT2D eigenvalue weighted by atomic mass is 16.6. The minimum atomic E-state index is -0.759. The Balaban J connectivity index is 4.06. The van der Waals surface area contributed by atoms with Gasteiger partial charge in [-0.2, -0.15) is 0 Å². The van der Waals surface area contributed by atoms with E-state index in [9.17, 15) is 14.4 Å². The van der Waals surface area contributed by atoms with Gasteiger partial charge in [0.2, 0.25) is 0 Å². The fourth-order valence-electron chi connectivity index (χ4n) is 7.43. The molecule has 0 amide bonds. The van der Waals surface area contributed by atoms with E-state index < -0.39 is 6.10 Å². The van der Waals surface area contributed by atoms with Crippen molar-refractivity contribution in [1.82, 2.24) is 0 Å². The largest absolute Gasteiger partial charge is 0.462 e. The molecule has 6 nitrogen and oxygen atoms in total. The van der Waals surface area contributed by atoms with Gasteiger partial charge in [0, 0.05) is 19.3 Å². The Bertz CT molecular complexity index is 856. The third-order valence-electron chi connectivity index (χ3n) is 11.6. The first-order valence-corrected chi connectivity index (χ1v) is 24.8. The van der Waals surface area contributed by atoms with E-state index in [0.717, 1.165) is 69.6 Å². The Morgan fingerprint density at radius 1 is 0.375 bits per heavy atom. The molecular formula is C50H96O6. The van der Waals surface area contributed by atoms with Crippen LogP contribution in [0.1, 0.15) is 272 Å². The zero-order chi connectivity index (χ0) is 41.2. The molecule has 0 aliphatic carbocycles. The molecule has 0 aliphatic rings. The van der Waals surface area contributed by atoms with Crippen LogP contribution in [0.3, 0.4) is 0 Å². The third kappa shape index (κ3) is 42.0. The SMILES string of the molecule is CCCCCCCCCC(=O)O[C@@H](COC(=O)CCCCCCCCCCCCCCCCCCCCC(C)CC)COC(=O)CCCCCCCCC(C)C. The predicted molar refractivity (Wildman–Crippen MR) is 238 cm³/mol. The Labute approximate surface area is 348 Å². The van der Waals surface area contributed by atoms with Crippen molar-refractivity contribution in [2.45, 2.75) is 278 Å². The van der Waals surface area contributed by atoms with Gasteiger partial charge in [0.05, 0.1) is 0 Å². The number of carbonyl (C=O) groups is 3. The van der Waals surface area contributed by atoms with Crippen LogP contribution < -0.4 is 0 Å². The maximum absolute atomic E-state index is 12.6. The van der Waals surface area contributed by atoms with Crippen LogP contribution in [0, 0.1) is 11.8 Å². The van der Waals surface area contributed by atoms with E-state index in [1.54, 1.807) is 0 Å². The normalized spacial score (nSPS) is 12.5. The van der Waals surface area contributed by atoms with Crippen LogP contribution in [0.15, 0.2) is 0 Å². The summed E-state index contributed by atoms with van der Waals surface area (Å²) in [7, 11) is 0. The van der Waals surface area contributed by atoms with Crippen molar-refractivity contribution >= 4 is 17.9 Å². The average Bonchev–Trinajstić information content (AvgIpc) is 3.18. The maximum atomic E-state index is 12.6. The molecule has 2 atom stereocenters. The first kappa shape index (κ1) is 54.4. The maximum Gasteiger partial charge on any atom is 0.306 e. The molecular weight excluding hydrogens is 697 g/mol. The minimum Gasteiger partial charge on any atom is -0.462 e. The monoisotopic (exact) mass is 793 g/mol. The zero-order valence-electron chi connectivity index (χ0n) is 38.3. The number of hydrogen-bond acceptors (Lipinski definition) is 6. The lowest BCUT2D eigenvalue weighted by Crippen LogP contribution is -2.30. The Kier molecular flexibility index (Phi) is 41.8. The Morgan fingerprint density at radius 2 is 0.679 bits per heavy atom. The van der Waals surface area contributed by atoms with Crippen LogP contribution >= 0.6 is 0 Å². The van der Waals surface area contributed by atoms with Crippen LogP contribution in [0.25, 0.3) is 0 Å². The van der Waals surface area contributed by atoms with Gasteiger partial charge in [-0.15, -0.1) is 0 Å². The number of unbranched alkanes of at least 4 members (excludes halogenated alkanes) is 28. The van der Waals surface area contributed by atoms with Crippen molar-refractivity contribution < 1.29 is 28.6 Å². The molecule has 0 heterocycles. The predicted octanol–water partition coefficient (Wildman–Crippen LogP) is 15.8. The van der Waals surface area contributed by atoms with Crippen molar-refractivity contribution in [2.24, 2.45) is 11.8 Å². The third-order valence-corrected chi connectivity index (χ3v) is 11.6. The van der Waals surface area contributed by atoms with E-state index in [1.165, 1.54) is 161 Å². The van der Waals surface area contributed by atoms with Crippen molar-refractivity contribution in [3.63, 3.8) is 0 Å². The number of rotatable bonds is 44. The van der Waals surface area contributed by atoms with E-state index in [1.807, 2.05) is 0 Å². The molecule has 0 saturated carbocycles. The highest BCUT2D eigenvalue weighted by molar-refractivity contribution is 5.71. The molecule has 6 heteroatoms. The molecule has 0 N–H and O–H groups in total. The van der Waals surface area contributed by atoms with E-state index >= 15 is 0 Å². The number of hydrogen-bond donors (Lipinski definition) is 0. The van der Waals surface area contributed by atoms with Gasteiger partial charge in [-0.3, -0.25) is 14.4 Å². The van der Waals surface area contributed by atoms with Gasteiger partial charge in [0.25, 0.3) is 0 Å². The first-order valence-electron chi connectivity index (χ1n) is 24.8. The van der Waals surface area contributed by atoms with Gasteiger partial charge < -0.3 is 14.2 Å². The van der Waals surface area contributed by atoms with Crippen LogP contribution in [-0.2, 0) is 28.6 Å². The van der Waals surface area contributed by atoms with Crippen LogP contribution in [-0.4, -0.2) is 37.2 Å². The molecule has 0 bridgehead atoms. The quantitative estimate of drug-likeness (QED) is 0.0347. The second-order valence-corrected chi connectivity index (χ2v) is 17.8. The summed E-state index contributed by atoms with van der Waals surface area (Å²) in [5.41, 5.74) is 0. The Morgan fingerprint density at radius 3 is 1.02 bits per heavy atom. The fraction of sp³-hybridized carbons (Fsp3) is 0.940. The van der Waals surface area contributed by atoms with Crippen LogP contribution in [0.5, 0.6) is 0 Å². The number of esters is 3. The van der Waals surface area contributed by atoms with E-state index in [4.69, 9.17) is 14.2 Å². The summed E-state index contributed by atoms with van der Waals surface area (Å²) in [5.74, 6) is 0.809. The van der Waals surface area contributed by atoms with Gasteiger partial charge in [-0.1, -0.05) is 234 Å². The van der Waals surface area contributed by atoms with Crippen molar-refractivity contribution in [3.05, 3.63) is 0 Å². The molecule has 0 aliphatic heterocycles. The van der Waals surface area contributed by atoms with Crippen molar-refractivity contribution in [2.75, 3.05) is 13.2 Å². The average molecular weight is 793 g/mol. The van der Waals surface area contributed by atoms with Gasteiger partial charge in [-0.25, -0.2) is 0 Å². The summed E-state index contributed by atoms with van der Waals surface area (Å²) < 4.78 is 16.7. The second kappa shape index (κ2) is 43.0. The van der Waals surface area contributed by atoms with E-state index in [0.29, 0.717) is 19.3 Å². The molecule has 0 spiro atoms. The summed E-state index contributed by atoms with van der Waals surface area (Å²) in [4.78, 5) is 37.6. The molecule has 0 saturated heterocycles. The topological polar surface area (TPSA) is 78.9 Å². The summed E-state index contributed by atoms with van der Waals surface area (Å²) in [6.07, 6.45) is 42.6. The van der Waals surface area contributed by atoms with Crippen LogP contribution in [0.2, 0.25) is 0 Å². The van der Waals surface area contributed by atoms with E-state index in [2.05, 4.69) is 34.6 Å². The lowest BCUT2D eigenvalue weighted by Gasteiger charge is -2.18. The van der Waals surface area contributed by atoms with Gasteiger partial charge in [0.1, 0.15) is 13.2 Å². The summed E-state index contributed by atoms with van der Waals surface area (Å²) >= 11 is 0.